The monoisotopic (exact) mass is 336 g/mol. The van der Waals surface area contributed by atoms with Gasteiger partial charge in [-0.15, -0.1) is 0 Å². The molecule has 24 heavy (non-hydrogen) atoms. The number of likely N-dealkylation sites (N-methyl/N-ethyl adjacent to an activating group) is 1. The molecule has 0 fully saturated rings. The van der Waals surface area contributed by atoms with Gasteiger partial charge in [0.1, 0.15) is 12.1 Å². The van der Waals surface area contributed by atoms with Crippen LogP contribution in [-0.4, -0.2) is 64.4 Å². The summed E-state index contributed by atoms with van der Waals surface area (Å²) in [5.74, 6) is -0.228. The molecule has 0 bridgehead atoms. The molecule has 1 rings (SSSR count). The topological polar surface area (TPSA) is 95.3 Å². The Labute approximate surface area is 141 Å². The molecule has 0 saturated carbocycles. The van der Waals surface area contributed by atoms with Crippen molar-refractivity contribution in [3.05, 3.63) is 29.6 Å². The molecule has 0 aliphatic heterocycles. The maximum atomic E-state index is 12.4. The molecule has 8 heteroatoms. The van der Waals surface area contributed by atoms with Crippen LogP contribution in [0.15, 0.2) is 23.5 Å². The van der Waals surface area contributed by atoms with Gasteiger partial charge in [-0.25, -0.2) is 4.79 Å². The van der Waals surface area contributed by atoms with E-state index in [1.54, 1.807) is 47.0 Å². The molecule has 2 amide bonds. The van der Waals surface area contributed by atoms with Crippen molar-refractivity contribution < 1.29 is 19.5 Å². The van der Waals surface area contributed by atoms with E-state index in [2.05, 4.69) is 10.1 Å². The Kier molecular flexibility index (Phi) is 6.69. The molecule has 1 aromatic heterocycles. The molecule has 132 valence electrons. The largest absolute Gasteiger partial charge is 0.444 e. The Morgan fingerprint density at radius 1 is 1.38 bits per heavy atom. The lowest BCUT2D eigenvalue weighted by Gasteiger charge is -2.27. The van der Waals surface area contributed by atoms with E-state index in [0.29, 0.717) is 11.3 Å². The molecule has 0 spiro atoms. The van der Waals surface area contributed by atoms with Crippen molar-refractivity contribution in [2.75, 3.05) is 20.6 Å². The second-order valence-corrected chi connectivity index (χ2v) is 6.45. The van der Waals surface area contributed by atoms with Crippen molar-refractivity contribution in [1.82, 2.24) is 14.8 Å². The normalized spacial score (nSPS) is 11.4. The fourth-order valence-electron chi connectivity index (χ4n) is 1.74. The number of ether oxygens (including phenoxy) is 1. The first kappa shape index (κ1) is 19.4. The van der Waals surface area contributed by atoms with Crippen LogP contribution in [0, 0.1) is 0 Å². The zero-order chi connectivity index (χ0) is 18.3. The molecule has 0 atom stereocenters. The van der Waals surface area contributed by atoms with Crippen LogP contribution in [0.4, 0.5) is 4.79 Å². The first-order valence-electron chi connectivity index (χ1n) is 7.43. The van der Waals surface area contributed by atoms with Gasteiger partial charge in [0.2, 0.25) is 5.91 Å². The zero-order valence-corrected chi connectivity index (χ0v) is 14.7. The van der Waals surface area contributed by atoms with Gasteiger partial charge in [0, 0.05) is 20.3 Å². The summed E-state index contributed by atoms with van der Waals surface area (Å²) in [7, 11) is 3.23. The van der Waals surface area contributed by atoms with Crippen molar-refractivity contribution in [3.63, 3.8) is 0 Å². The average molecular weight is 336 g/mol. The molecular weight excluding hydrogens is 312 g/mol. The van der Waals surface area contributed by atoms with Crippen LogP contribution in [0.25, 0.3) is 0 Å². The molecule has 1 heterocycles. The van der Waals surface area contributed by atoms with E-state index in [1.165, 1.54) is 22.2 Å². The van der Waals surface area contributed by atoms with E-state index < -0.39 is 11.7 Å². The third-order valence-electron chi connectivity index (χ3n) is 2.88. The molecule has 0 radical (unpaired) electrons. The van der Waals surface area contributed by atoms with E-state index in [9.17, 15) is 9.59 Å². The van der Waals surface area contributed by atoms with Crippen molar-refractivity contribution >= 4 is 18.2 Å². The summed E-state index contributed by atoms with van der Waals surface area (Å²) in [5, 5.41) is 11.6. The standard InChI is InChI=1S/C16H24N4O4/c1-16(2,3)24-15(22)20(11-14(21)19(4)5)10-13-8-12(9-18-23)6-7-17-13/h6-9,23H,10-11H2,1-5H3/b18-9+. The molecule has 0 aromatic carbocycles. The van der Waals surface area contributed by atoms with Crippen LogP contribution < -0.4 is 0 Å². The van der Waals surface area contributed by atoms with Gasteiger partial charge < -0.3 is 14.8 Å². The van der Waals surface area contributed by atoms with Crippen LogP contribution in [0.5, 0.6) is 0 Å². The number of aromatic nitrogens is 1. The van der Waals surface area contributed by atoms with E-state index in [1.807, 2.05) is 0 Å². The summed E-state index contributed by atoms with van der Waals surface area (Å²) in [6, 6.07) is 3.32. The van der Waals surface area contributed by atoms with Gasteiger partial charge in [0.15, 0.2) is 0 Å². The number of hydrogen-bond acceptors (Lipinski definition) is 6. The first-order valence-corrected chi connectivity index (χ1v) is 7.43. The highest BCUT2D eigenvalue weighted by atomic mass is 16.6. The van der Waals surface area contributed by atoms with E-state index >= 15 is 0 Å². The highest BCUT2D eigenvalue weighted by Gasteiger charge is 2.25. The molecule has 1 N–H and O–H groups in total. The quantitative estimate of drug-likeness (QED) is 0.502. The van der Waals surface area contributed by atoms with E-state index in [4.69, 9.17) is 9.94 Å². The lowest BCUT2D eigenvalue weighted by Crippen LogP contribution is -2.42. The maximum Gasteiger partial charge on any atom is 0.411 e. The van der Waals surface area contributed by atoms with Crippen LogP contribution in [0.3, 0.4) is 0 Å². The number of nitrogens with zero attached hydrogens (tertiary/aromatic N) is 4. The van der Waals surface area contributed by atoms with Gasteiger partial charge in [-0.1, -0.05) is 5.16 Å². The highest BCUT2D eigenvalue weighted by Crippen LogP contribution is 2.12. The zero-order valence-electron chi connectivity index (χ0n) is 14.7. The summed E-state index contributed by atoms with van der Waals surface area (Å²) in [5.41, 5.74) is 0.505. The fraction of sp³-hybridized carbons (Fsp3) is 0.500. The fourth-order valence-corrected chi connectivity index (χ4v) is 1.74. The van der Waals surface area contributed by atoms with Crippen LogP contribution in [0.1, 0.15) is 32.0 Å². The first-order chi connectivity index (χ1) is 11.1. The minimum Gasteiger partial charge on any atom is -0.444 e. The Morgan fingerprint density at radius 2 is 2.04 bits per heavy atom. The Balaban J connectivity index is 2.98. The van der Waals surface area contributed by atoms with Gasteiger partial charge in [-0.05, 0) is 38.5 Å². The SMILES string of the molecule is CN(C)C(=O)CN(Cc1cc(/C=N/O)ccn1)C(=O)OC(C)(C)C. The lowest BCUT2D eigenvalue weighted by atomic mass is 10.2. The predicted octanol–water partition coefficient (Wildman–Crippen LogP) is 1.71. The van der Waals surface area contributed by atoms with E-state index in [0.717, 1.165) is 0 Å². The third-order valence-corrected chi connectivity index (χ3v) is 2.88. The van der Waals surface area contributed by atoms with Crippen molar-refractivity contribution in [1.29, 1.82) is 0 Å². The summed E-state index contributed by atoms with van der Waals surface area (Å²) in [6.45, 7) is 5.25. The Hall–Kier alpha value is -2.64. The summed E-state index contributed by atoms with van der Waals surface area (Å²) in [6.07, 6.45) is 2.20. The minimum absolute atomic E-state index is 0.0988. The van der Waals surface area contributed by atoms with E-state index in [-0.39, 0.29) is 19.0 Å². The number of hydrogen-bond donors (Lipinski definition) is 1. The molecule has 0 aliphatic carbocycles. The van der Waals surface area contributed by atoms with Gasteiger partial charge in [0.25, 0.3) is 0 Å². The highest BCUT2D eigenvalue weighted by molar-refractivity contribution is 5.82. The number of carbonyl (C=O) groups excluding carboxylic acids is 2. The third kappa shape index (κ3) is 6.64. The number of amides is 2. The van der Waals surface area contributed by atoms with Crippen molar-refractivity contribution in [2.24, 2.45) is 5.16 Å². The number of rotatable bonds is 5. The second-order valence-electron chi connectivity index (χ2n) is 6.45. The molecular formula is C16H24N4O4. The Morgan fingerprint density at radius 3 is 2.58 bits per heavy atom. The molecule has 0 unspecified atom stereocenters. The van der Waals surface area contributed by atoms with Gasteiger partial charge in [0.05, 0.1) is 18.5 Å². The summed E-state index contributed by atoms with van der Waals surface area (Å²) < 4.78 is 5.35. The van der Waals surface area contributed by atoms with Crippen molar-refractivity contribution in [2.45, 2.75) is 32.9 Å². The number of oxime groups is 1. The molecule has 0 saturated heterocycles. The number of pyridine rings is 1. The second kappa shape index (κ2) is 8.28. The Bertz CT molecular complexity index is 608. The minimum atomic E-state index is -0.671. The molecule has 8 nitrogen and oxygen atoms in total. The number of carbonyl (C=O) groups is 2. The van der Waals surface area contributed by atoms with Gasteiger partial charge in [-0.3, -0.25) is 14.7 Å². The van der Waals surface area contributed by atoms with Gasteiger partial charge in [-0.2, -0.15) is 0 Å². The summed E-state index contributed by atoms with van der Waals surface area (Å²) >= 11 is 0. The van der Waals surface area contributed by atoms with Gasteiger partial charge >= 0.3 is 6.09 Å². The average Bonchev–Trinajstić information content (AvgIpc) is 2.45. The summed E-state index contributed by atoms with van der Waals surface area (Å²) in [4.78, 5) is 31.2. The maximum absolute atomic E-state index is 12.4. The van der Waals surface area contributed by atoms with Crippen LogP contribution in [-0.2, 0) is 16.1 Å². The van der Waals surface area contributed by atoms with Crippen LogP contribution in [0.2, 0.25) is 0 Å². The van der Waals surface area contributed by atoms with Crippen LogP contribution >= 0.6 is 0 Å². The molecule has 0 aliphatic rings. The van der Waals surface area contributed by atoms with Crippen molar-refractivity contribution in [3.8, 4) is 0 Å². The lowest BCUT2D eigenvalue weighted by molar-refractivity contribution is -0.130. The predicted molar refractivity (Wildman–Crippen MR) is 89.0 cm³/mol. The smallest absolute Gasteiger partial charge is 0.411 e. The molecule has 1 aromatic rings.